The molecular formula is C16H15ClN2. The second-order valence-electron chi connectivity index (χ2n) is 4.75. The lowest BCUT2D eigenvalue weighted by Gasteiger charge is -2.00. The Morgan fingerprint density at radius 2 is 2.00 bits per heavy atom. The highest BCUT2D eigenvalue weighted by Crippen LogP contribution is 2.25. The van der Waals surface area contributed by atoms with Crippen LogP contribution in [-0.4, -0.2) is 9.97 Å². The smallest absolute Gasteiger partial charge is 0.138 e. The summed E-state index contributed by atoms with van der Waals surface area (Å²) in [5.74, 6) is 0.892. The van der Waals surface area contributed by atoms with Crippen molar-refractivity contribution in [2.45, 2.75) is 20.3 Å². The van der Waals surface area contributed by atoms with E-state index in [0.717, 1.165) is 39.4 Å². The third-order valence-electron chi connectivity index (χ3n) is 3.39. The Hall–Kier alpha value is -1.80. The van der Waals surface area contributed by atoms with Crippen molar-refractivity contribution in [3.63, 3.8) is 0 Å². The van der Waals surface area contributed by atoms with Crippen molar-refractivity contribution in [1.82, 2.24) is 9.97 Å². The Kier molecular flexibility index (Phi) is 3.03. The van der Waals surface area contributed by atoms with Gasteiger partial charge in [-0.3, -0.25) is 0 Å². The van der Waals surface area contributed by atoms with Crippen molar-refractivity contribution in [3.8, 4) is 11.4 Å². The molecule has 1 heterocycles. The van der Waals surface area contributed by atoms with Crippen molar-refractivity contribution in [3.05, 3.63) is 52.5 Å². The largest absolute Gasteiger partial charge is 0.338 e. The van der Waals surface area contributed by atoms with Crippen LogP contribution in [0.1, 0.15) is 18.1 Å². The van der Waals surface area contributed by atoms with E-state index in [1.165, 1.54) is 5.56 Å². The normalized spacial score (nSPS) is 11.1. The van der Waals surface area contributed by atoms with Crippen LogP contribution in [0.2, 0.25) is 5.02 Å². The molecule has 96 valence electrons. The van der Waals surface area contributed by atoms with Crippen LogP contribution in [-0.2, 0) is 6.42 Å². The molecule has 3 aromatic rings. The molecule has 2 nitrogen and oxygen atoms in total. The van der Waals surface area contributed by atoms with Gasteiger partial charge in [-0.1, -0.05) is 24.6 Å². The number of rotatable bonds is 2. The van der Waals surface area contributed by atoms with Gasteiger partial charge in [0.2, 0.25) is 0 Å². The summed E-state index contributed by atoms with van der Waals surface area (Å²) in [7, 11) is 0. The second-order valence-corrected chi connectivity index (χ2v) is 5.16. The summed E-state index contributed by atoms with van der Waals surface area (Å²) in [4.78, 5) is 8.01. The van der Waals surface area contributed by atoms with Crippen LogP contribution >= 0.6 is 11.6 Å². The minimum absolute atomic E-state index is 0.785. The van der Waals surface area contributed by atoms with E-state index in [1.807, 2.05) is 19.1 Å². The van der Waals surface area contributed by atoms with Gasteiger partial charge in [-0.15, -0.1) is 0 Å². The Labute approximate surface area is 117 Å². The van der Waals surface area contributed by atoms with Crippen LogP contribution in [0.3, 0.4) is 0 Å². The van der Waals surface area contributed by atoms with Gasteiger partial charge < -0.3 is 4.98 Å². The molecular weight excluding hydrogens is 256 g/mol. The van der Waals surface area contributed by atoms with Crippen LogP contribution < -0.4 is 0 Å². The Balaban J connectivity index is 2.11. The second kappa shape index (κ2) is 4.71. The van der Waals surface area contributed by atoms with Gasteiger partial charge in [0.15, 0.2) is 0 Å². The van der Waals surface area contributed by atoms with E-state index in [9.17, 15) is 0 Å². The lowest BCUT2D eigenvalue weighted by atomic mass is 10.1. The summed E-state index contributed by atoms with van der Waals surface area (Å²) >= 11 is 6.06. The number of nitrogens with zero attached hydrogens (tertiary/aromatic N) is 1. The molecule has 1 N–H and O–H groups in total. The predicted octanol–water partition coefficient (Wildman–Crippen LogP) is 4.75. The number of aromatic amines is 1. The van der Waals surface area contributed by atoms with E-state index in [-0.39, 0.29) is 0 Å². The summed E-state index contributed by atoms with van der Waals surface area (Å²) in [6.07, 6.45) is 1.03. The predicted molar refractivity (Wildman–Crippen MR) is 80.7 cm³/mol. The molecule has 0 radical (unpaired) electrons. The fraction of sp³-hybridized carbons (Fsp3) is 0.188. The minimum Gasteiger partial charge on any atom is -0.338 e. The molecule has 0 aliphatic heterocycles. The highest BCUT2D eigenvalue weighted by atomic mass is 35.5. The summed E-state index contributed by atoms with van der Waals surface area (Å²) in [5.41, 5.74) is 5.53. The molecule has 3 rings (SSSR count). The summed E-state index contributed by atoms with van der Waals surface area (Å²) < 4.78 is 0. The van der Waals surface area contributed by atoms with E-state index in [0.29, 0.717) is 0 Å². The lowest BCUT2D eigenvalue weighted by molar-refractivity contribution is 1.14. The van der Waals surface area contributed by atoms with E-state index in [4.69, 9.17) is 11.6 Å². The Morgan fingerprint density at radius 1 is 1.16 bits per heavy atom. The first kappa shape index (κ1) is 12.2. The maximum atomic E-state index is 6.06. The molecule has 1 aromatic heterocycles. The van der Waals surface area contributed by atoms with Crippen LogP contribution in [0.5, 0.6) is 0 Å². The lowest BCUT2D eigenvalue weighted by Crippen LogP contribution is -1.82. The quantitative estimate of drug-likeness (QED) is 0.715. The van der Waals surface area contributed by atoms with Crippen molar-refractivity contribution in [2.75, 3.05) is 0 Å². The van der Waals surface area contributed by atoms with Crippen molar-refractivity contribution in [2.24, 2.45) is 0 Å². The number of benzene rings is 2. The first-order valence-corrected chi connectivity index (χ1v) is 6.80. The number of aryl methyl sites for hydroxylation is 2. The highest BCUT2D eigenvalue weighted by Gasteiger charge is 2.07. The van der Waals surface area contributed by atoms with Crippen molar-refractivity contribution >= 4 is 22.6 Å². The number of H-pyrrole nitrogens is 1. The molecule has 0 aliphatic carbocycles. The summed E-state index contributed by atoms with van der Waals surface area (Å²) in [6, 6.07) is 12.3. The van der Waals surface area contributed by atoms with Gasteiger partial charge in [-0.2, -0.15) is 0 Å². The standard InChI is InChI=1S/C16H15ClN2/c1-3-11-4-7-14-15(9-11)19-16(18-14)12-5-6-13(17)10(2)8-12/h4-9H,3H2,1-2H3,(H,18,19). The minimum atomic E-state index is 0.785. The van der Waals surface area contributed by atoms with Gasteiger partial charge in [0.25, 0.3) is 0 Å². The number of imidazole rings is 1. The zero-order valence-electron chi connectivity index (χ0n) is 11.0. The molecule has 0 unspecified atom stereocenters. The molecule has 0 saturated carbocycles. The zero-order chi connectivity index (χ0) is 13.4. The molecule has 0 spiro atoms. The molecule has 0 saturated heterocycles. The third kappa shape index (κ3) is 2.24. The highest BCUT2D eigenvalue weighted by molar-refractivity contribution is 6.31. The first-order valence-electron chi connectivity index (χ1n) is 6.42. The summed E-state index contributed by atoms with van der Waals surface area (Å²) in [6.45, 7) is 4.16. The number of fused-ring (bicyclic) bond motifs is 1. The fourth-order valence-corrected chi connectivity index (χ4v) is 2.32. The van der Waals surface area contributed by atoms with Gasteiger partial charge in [0.1, 0.15) is 5.82 Å². The Bertz CT molecular complexity index is 744. The van der Waals surface area contributed by atoms with Gasteiger partial charge in [0.05, 0.1) is 11.0 Å². The van der Waals surface area contributed by atoms with Crippen molar-refractivity contribution < 1.29 is 0 Å². The van der Waals surface area contributed by atoms with Gasteiger partial charge in [-0.05, 0) is 54.8 Å². The van der Waals surface area contributed by atoms with E-state index in [2.05, 4.69) is 41.2 Å². The molecule has 0 aliphatic rings. The molecule has 0 amide bonds. The van der Waals surface area contributed by atoms with Crippen LogP contribution in [0.4, 0.5) is 0 Å². The first-order chi connectivity index (χ1) is 9.17. The fourth-order valence-electron chi connectivity index (χ4n) is 2.21. The molecule has 2 aromatic carbocycles. The molecule has 0 fully saturated rings. The van der Waals surface area contributed by atoms with E-state index < -0.39 is 0 Å². The maximum Gasteiger partial charge on any atom is 0.138 e. The number of nitrogens with one attached hydrogen (secondary N) is 1. The van der Waals surface area contributed by atoms with Crippen LogP contribution in [0.25, 0.3) is 22.4 Å². The number of halogens is 1. The molecule has 19 heavy (non-hydrogen) atoms. The van der Waals surface area contributed by atoms with Gasteiger partial charge >= 0.3 is 0 Å². The van der Waals surface area contributed by atoms with Crippen LogP contribution in [0, 0.1) is 6.92 Å². The van der Waals surface area contributed by atoms with Crippen LogP contribution in [0.15, 0.2) is 36.4 Å². The monoisotopic (exact) mass is 270 g/mol. The van der Waals surface area contributed by atoms with Crippen molar-refractivity contribution in [1.29, 1.82) is 0 Å². The van der Waals surface area contributed by atoms with E-state index >= 15 is 0 Å². The number of hydrogen-bond donors (Lipinski definition) is 1. The Morgan fingerprint density at radius 3 is 2.74 bits per heavy atom. The summed E-state index contributed by atoms with van der Waals surface area (Å²) in [5, 5.41) is 0.785. The molecule has 3 heteroatoms. The van der Waals surface area contributed by atoms with Gasteiger partial charge in [0, 0.05) is 10.6 Å². The molecule has 0 atom stereocenters. The third-order valence-corrected chi connectivity index (χ3v) is 3.81. The average Bonchev–Trinajstić information content (AvgIpc) is 2.84. The van der Waals surface area contributed by atoms with E-state index in [1.54, 1.807) is 0 Å². The average molecular weight is 271 g/mol. The SMILES string of the molecule is CCc1ccc2nc(-c3ccc(Cl)c(C)c3)[nH]c2c1. The van der Waals surface area contributed by atoms with Gasteiger partial charge in [-0.25, -0.2) is 4.98 Å². The maximum absolute atomic E-state index is 6.06. The zero-order valence-corrected chi connectivity index (χ0v) is 11.8. The topological polar surface area (TPSA) is 28.7 Å². The number of hydrogen-bond acceptors (Lipinski definition) is 1. The molecule has 0 bridgehead atoms. The number of aromatic nitrogens is 2.